The largest absolute Gasteiger partial charge is 0.500 e. The standard InChI is InChI=1S/C19H20N4O4S/c1-3-27-15-9-12(8-14(18(15)24)23(25)26)17-16(13-6-4-5-7-20-13)21-19-22(17)10-11(2)28-19/h4-9,11,16-17,24H,3,10H2,1-2H3. The monoisotopic (exact) mass is 400 g/mol. The average Bonchev–Trinajstić information content (AvgIpc) is 3.20. The molecule has 2 aliphatic rings. The second-order valence-electron chi connectivity index (χ2n) is 6.71. The summed E-state index contributed by atoms with van der Waals surface area (Å²) in [6, 6.07) is 8.23. The van der Waals surface area contributed by atoms with Crippen LogP contribution in [0.4, 0.5) is 5.69 Å². The maximum absolute atomic E-state index is 11.5. The van der Waals surface area contributed by atoms with Crippen LogP contribution in [0.5, 0.6) is 11.5 Å². The molecule has 4 rings (SSSR count). The SMILES string of the molecule is CCOc1cc(C2C(c3ccccn3)N=C3SC(C)CN32)cc([N+](=O)[O-])c1O. The van der Waals surface area contributed by atoms with E-state index in [4.69, 9.17) is 9.73 Å². The Morgan fingerprint density at radius 1 is 1.43 bits per heavy atom. The molecule has 0 amide bonds. The zero-order chi connectivity index (χ0) is 19.8. The van der Waals surface area contributed by atoms with Crippen LogP contribution in [0.1, 0.15) is 37.2 Å². The van der Waals surface area contributed by atoms with Crippen LogP contribution in [0.3, 0.4) is 0 Å². The first kappa shape index (κ1) is 18.5. The minimum absolute atomic E-state index is 0.111. The Morgan fingerprint density at radius 3 is 2.93 bits per heavy atom. The molecule has 146 valence electrons. The number of hydrogen-bond acceptors (Lipinski definition) is 8. The number of aliphatic imine (C=N–C) groups is 1. The highest BCUT2D eigenvalue weighted by Crippen LogP contribution is 2.50. The van der Waals surface area contributed by atoms with Gasteiger partial charge in [-0.2, -0.15) is 0 Å². The molecule has 3 unspecified atom stereocenters. The number of phenols is 1. The first-order chi connectivity index (χ1) is 13.5. The van der Waals surface area contributed by atoms with Gasteiger partial charge in [0.05, 0.1) is 23.3 Å². The maximum Gasteiger partial charge on any atom is 0.315 e. The van der Waals surface area contributed by atoms with Crippen LogP contribution >= 0.6 is 11.8 Å². The fraction of sp³-hybridized carbons (Fsp3) is 0.368. The molecular formula is C19H20N4O4S. The van der Waals surface area contributed by atoms with Gasteiger partial charge in [0.1, 0.15) is 6.04 Å². The third-order valence-corrected chi connectivity index (χ3v) is 5.90. The van der Waals surface area contributed by atoms with Gasteiger partial charge in [0, 0.05) is 24.1 Å². The van der Waals surface area contributed by atoms with Crippen molar-refractivity contribution in [2.75, 3.05) is 13.2 Å². The molecule has 3 heterocycles. The van der Waals surface area contributed by atoms with Gasteiger partial charge in [-0.1, -0.05) is 24.8 Å². The number of ether oxygens (including phenoxy) is 1. The number of nitro benzene ring substituents is 1. The smallest absolute Gasteiger partial charge is 0.315 e. The highest BCUT2D eigenvalue weighted by molar-refractivity contribution is 8.14. The van der Waals surface area contributed by atoms with E-state index in [9.17, 15) is 15.2 Å². The second kappa shape index (κ2) is 7.31. The van der Waals surface area contributed by atoms with Gasteiger partial charge in [-0.15, -0.1) is 0 Å². The quantitative estimate of drug-likeness (QED) is 0.603. The van der Waals surface area contributed by atoms with Gasteiger partial charge in [0.2, 0.25) is 5.75 Å². The highest BCUT2D eigenvalue weighted by atomic mass is 32.2. The minimum atomic E-state index is -0.588. The first-order valence-corrected chi connectivity index (χ1v) is 9.93. The van der Waals surface area contributed by atoms with E-state index < -0.39 is 10.7 Å². The van der Waals surface area contributed by atoms with Crippen molar-refractivity contribution in [3.8, 4) is 11.5 Å². The van der Waals surface area contributed by atoms with E-state index in [0.29, 0.717) is 17.4 Å². The van der Waals surface area contributed by atoms with E-state index in [2.05, 4.69) is 16.8 Å². The van der Waals surface area contributed by atoms with Crippen molar-refractivity contribution >= 4 is 22.6 Å². The third kappa shape index (κ3) is 3.15. The van der Waals surface area contributed by atoms with Crippen LogP contribution < -0.4 is 4.74 Å². The fourth-order valence-corrected chi connectivity index (χ4v) is 4.76. The maximum atomic E-state index is 11.5. The summed E-state index contributed by atoms with van der Waals surface area (Å²) in [5.41, 5.74) is 1.11. The molecular weight excluding hydrogens is 380 g/mol. The van der Waals surface area contributed by atoms with Crippen molar-refractivity contribution in [2.24, 2.45) is 4.99 Å². The number of pyridine rings is 1. The van der Waals surface area contributed by atoms with Gasteiger partial charge in [0.25, 0.3) is 0 Å². The molecule has 2 aromatic rings. The highest BCUT2D eigenvalue weighted by Gasteiger charge is 2.44. The van der Waals surface area contributed by atoms with Crippen LogP contribution in [0, 0.1) is 10.1 Å². The number of phenolic OH excluding ortho intramolecular Hbond substituents is 1. The number of amidine groups is 1. The van der Waals surface area contributed by atoms with Crippen molar-refractivity contribution in [2.45, 2.75) is 31.2 Å². The van der Waals surface area contributed by atoms with E-state index in [-0.39, 0.29) is 23.5 Å². The van der Waals surface area contributed by atoms with Crippen molar-refractivity contribution in [3.05, 3.63) is 57.9 Å². The molecule has 1 aromatic carbocycles. The summed E-state index contributed by atoms with van der Waals surface area (Å²) in [5.74, 6) is -0.340. The predicted molar refractivity (Wildman–Crippen MR) is 107 cm³/mol. The lowest BCUT2D eigenvalue weighted by Crippen LogP contribution is -2.28. The molecule has 9 heteroatoms. The summed E-state index contributed by atoms with van der Waals surface area (Å²) in [6.07, 6.45) is 1.72. The fourth-order valence-electron chi connectivity index (χ4n) is 3.67. The number of nitrogens with zero attached hydrogens (tertiary/aromatic N) is 4. The topological polar surface area (TPSA) is 101 Å². The lowest BCUT2D eigenvalue weighted by Gasteiger charge is -2.27. The van der Waals surface area contributed by atoms with Crippen LogP contribution in [-0.4, -0.2) is 43.5 Å². The van der Waals surface area contributed by atoms with E-state index in [1.54, 1.807) is 30.9 Å². The Hall–Kier alpha value is -2.81. The second-order valence-corrected chi connectivity index (χ2v) is 8.12. The van der Waals surface area contributed by atoms with Gasteiger partial charge in [-0.25, -0.2) is 0 Å². The molecule has 1 N–H and O–H groups in total. The number of fused-ring (bicyclic) bond motifs is 1. The van der Waals surface area contributed by atoms with Crippen LogP contribution in [0.25, 0.3) is 0 Å². The molecule has 3 atom stereocenters. The van der Waals surface area contributed by atoms with Gasteiger partial charge in [0.15, 0.2) is 10.9 Å². The minimum Gasteiger partial charge on any atom is -0.500 e. The zero-order valence-electron chi connectivity index (χ0n) is 15.5. The zero-order valence-corrected chi connectivity index (χ0v) is 16.3. The third-order valence-electron chi connectivity index (χ3n) is 4.80. The molecule has 28 heavy (non-hydrogen) atoms. The molecule has 1 fully saturated rings. The Morgan fingerprint density at radius 2 is 2.25 bits per heavy atom. The number of rotatable bonds is 5. The summed E-state index contributed by atoms with van der Waals surface area (Å²) in [5, 5.41) is 23.1. The van der Waals surface area contributed by atoms with E-state index in [1.807, 2.05) is 18.2 Å². The lowest BCUT2D eigenvalue weighted by molar-refractivity contribution is -0.386. The summed E-state index contributed by atoms with van der Waals surface area (Å²) in [7, 11) is 0. The number of nitro groups is 1. The predicted octanol–water partition coefficient (Wildman–Crippen LogP) is 3.68. The Bertz CT molecular complexity index is 937. The molecule has 2 aliphatic heterocycles. The Balaban J connectivity index is 1.84. The van der Waals surface area contributed by atoms with Gasteiger partial charge < -0.3 is 14.7 Å². The van der Waals surface area contributed by atoms with Crippen LogP contribution in [-0.2, 0) is 0 Å². The number of hydrogen-bond donors (Lipinski definition) is 1. The van der Waals surface area contributed by atoms with E-state index in [1.165, 1.54) is 6.07 Å². The summed E-state index contributed by atoms with van der Waals surface area (Å²) >= 11 is 1.69. The van der Waals surface area contributed by atoms with Crippen molar-refractivity contribution in [3.63, 3.8) is 0 Å². The van der Waals surface area contributed by atoms with Crippen molar-refractivity contribution in [1.29, 1.82) is 0 Å². The lowest BCUT2D eigenvalue weighted by atomic mass is 9.95. The van der Waals surface area contributed by atoms with Gasteiger partial charge in [-0.05, 0) is 30.7 Å². The molecule has 8 nitrogen and oxygen atoms in total. The normalized spacial score (nSPS) is 23.4. The van der Waals surface area contributed by atoms with Crippen LogP contribution in [0.15, 0.2) is 41.5 Å². The van der Waals surface area contributed by atoms with E-state index >= 15 is 0 Å². The van der Waals surface area contributed by atoms with E-state index in [0.717, 1.165) is 17.4 Å². The molecule has 0 bridgehead atoms. The number of aromatic nitrogens is 1. The van der Waals surface area contributed by atoms with Crippen molar-refractivity contribution in [1.82, 2.24) is 9.88 Å². The summed E-state index contributed by atoms with van der Waals surface area (Å²) in [4.78, 5) is 22.4. The average molecular weight is 400 g/mol. The van der Waals surface area contributed by atoms with Crippen LogP contribution in [0.2, 0.25) is 0 Å². The van der Waals surface area contributed by atoms with Gasteiger partial charge >= 0.3 is 5.69 Å². The Kier molecular flexibility index (Phi) is 4.84. The molecule has 0 saturated carbocycles. The first-order valence-electron chi connectivity index (χ1n) is 9.05. The molecule has 1 aromatic heterocycles. The molecule has 0 radical (unpaired) electrons. The van der Waals surface area contributed by atoms with Gasteiger partial charge in [-0.3, -0.25) is 20.1 Å². The molecule has 1 saturated heterocycles. The summed E-state index contributed by atoms with van der Waals surface area (Å²) in [6.45, 7) is 4.98. The molecule has 0 spiro atoms. The number of benzene rings is 1. The molecule has 0 aliphatic carbocycles. The number of aromatic hydroxyl groups is 1. The Labute approximate surface area is 166 Å². The number of thioether (sulfide) groups is 1. The summed E-state index contributed by atoms with van der Waals surface area (Å²) < 4.78 is 5.47. The van der Waals surface area contributed by atoms with Crippen molar-refractivity contribution < 1.29 is 14.8 Å².